The molecule has 0 atom stereocenters. The molecule has 5 heteroatoms. The van der Waals surface area contributed by atoms with Crippen molar-refractivity contribution < 1.29 is 13.2 Å². The summed E-state index contributed by atoms with van der Waals surface area (Å²) < 4.78 is 34.5. The third-order valence-electron chi connectivity index (χ3n) is 0.740. The zero-order valence-corrected chi connectivity index (χ0v) is 6.24. The molecule has 0 radical (unpaired) electrons. The summed E-state index contributed by atoms with van der Waals surface area (Å²) in [5.41, 5.74) is 5.29. The summed E-state index contributed by atoms with van der Waals surface area (Å²) in [6, 6.07) is 0. The second-order valence-electron chi connectivity index (χ2n) is 2.11. The van der Waals surface area contributed by atoms with Crippen molar-refractivity contribution in [2.24, 2.45) is 10.7 Å². The van der Waals surface area contributed by atoms with Crippen LogP contribution in [0.4, 0.5) is 13.2 Å². The lowest BCUT2D eigenvalue weighted by Gasteiger charge is -1.98. The van der Waals surface area contributed by atoms with Crippen LogP contribution in [0.1, 0.15) is 13.8 Å². The summed E-state index contributed by atoms with van der Waals surface area (Å²) in [6.45, 7) is 2.74. The highest BCUT2D eigenvalue weighted by Gasteiger charge is 2.25. The van der Waals surface area contributed by atoms with Crippen LogP contribution in [0.25, 0.3) is 0 Å². The molecule has 0 heterocycles. The quantitative estimate of drug-likeness (QED) is 0.468. The van der Waals surface area contributed by atoms with Gasteiger partial charge in [0, 0.05) is 11.4 Å². The predicted molar refractivity (Wildman–Crippen MR) is 37.1 cm³/mol. The normalized spacial score (nSPS) is 15.4. The minimum atomic E-state index is -4.50. The average molecular weight is 166 g/mol. The summed E-state index contributed by atoms with van der Waals surface area (Å²) in [7, 11) is 0. The van der Waals surface area contributed by atoms with E-state index in [9.17, 15) is 13.2 Å². The lowest BCUT2D eigenvalue weighted by molar-refractivity contribution is -0.119. The molecule has 0 fully saturated rings. The van der Waals surface area contributed by atoms with Crippen LogP contribution in [0.5, 0.6) is 0 Å². The molecule has 64 valence electrons. The monoisotopic (exact) mass is 166 g/mol. The molecular weight excluding hydrogens is 157 g/mol. The summed E-state index contributed by atoms with van der Waals surface area (Å²) in [4.78, 5) is 2.41. The van der Waals surface area contributed by atoms with Crippen molar-refractivity contribution in [1.29, 1.82) is 0 Å². The minimum Gasteiger partial charge on any atom is -0.402 e. The van der Waals surface area contributed by atoms with E-state index in [1.54, 1.807) is 0 Å². The van der Waals surface area contributed by atoms with Gasteiger partial charge in [0.2, 0.25) is 0 Å². The molecule has 0 aliphatic carbocycles. The Labute approximate surface area is 62.6 Å². The van der Waals surface area contributed by atoms with Gasteiger partial charge in [-0.25, -0.2) is 0 Å². The molecule has 0 unspecified atom stereocenters. The maximum Gasteiger partial charge on any atom is 0.503 e. The Morgan fingerprint density at radius 2 is 1.82 bits per heavy atom. The second-order valence-corrected chi connectivity index (χ2v) is 2.11. The molecule has 0 aromatic rings. The van der Waals surface area contributed by atoms with Gasteiger partial charge in [0.05, 0.1) is 0 Å². The number of nitrogens with zero attached hydrogens (tertiary/aromatic N) is 1. The standard InChI is InChI=1S/C6H9F3N2/c1-4(10)3-5(2)11-6(7,8)9/h3H,10H2,1-2H3. The largest absolute Gasteiger partial charge is 0.503 e. The molecule has 0 aliphatic heterocycles. The van der Waals surface area contributed by atoms with E-state index in [0.717, 1.165) is 6.08 Å². The highest BCUT2D eigenvalue weighted by atomic mass is 19.4. The van der Waals surface area contributed by atoms with Gasteiger partial charge in [0.15, 0.2) is 0 Å². The zero-order valence-electron chi connectivity index (χ0n) is 6.24. The molecule has 2 nitrogen and oxygen atoms in total. The number of aliphatic imine (C=N–C) groups is 1. The Hall–Kier alpha value is -1.00. The molecule has 0 saturated heterocycles. The van der Waals surface area contributed by atoms with Crippen molar-refractivity contribution >= 4 is 5.71 Å². The van der Waals surface area contributed by atoms with Crippen molar-refractivity contribution in [3.8, 4) is 0 Å². The molecule has 0 rings (SSSR count). The van der Waals surface area contributed by atoms with Crippen LogP contribution in [0, 0.1) is 0 Å². The van der Waals surface area contributed by atoms with Crippen LogP contribution in [0.2, 0.25) is 0 Å². The SMILES string of the molecule is CC(N)=CC(C)=NC(F)(F)F. The van der Waals surface area contributed by atoms with Gasteiger partial charge in [-0.05, 0) is 19.9 Å². The molecule has 0 aromatic heterocycles. The van der Waals surface area contributed by atoms with Gasteiger partial charge in [-0.3, -0.25) is 0 Å². The fourth-order valence-corrected chi connectivity index (χ4v) is 0.562. The molecule has 0 amide bonds. The summed E-state index contributed by atoms with van der Waals surface area (Å²) in [6.07, 6.45) is -3.34. The van der Waals surface area contributed by atoms with Crippen LogP contribution in [0.15, 0.2) is 16.8 Å². The number of alkyl halides is 3. The third kappa shape index (κ3) is 6.89. The molecule has 11 heavy (non-hydrogen) atoms. The lowest BCUT2D eigenvalue weighted by atomic mass is 10.3. The highest BCUT2D eigenvalue weighted by Crippen LogP contribution is 2.16. The molecule has 0 bridgehead atoms. The summed E-state index contributed by atoms with van der Waals surface area (Å²) in [5.74, 6) is 0. The smallest absolute Gasteiger partial charge is 0.402 e. The van der Waals surface area contributed by atoms with Crippen molar-refractivity contribution in [2.45, 2.75) is 20.1 Å². The molecule has 0 spiro atoms. The number of halogens is 3. The van der Waals surface area contributed by atoms with Crippen LogP contribution in [-0.4, -0.2) is 12.0 Å². The molecule has 0 saturated carbocycles. The first-order chi connectivity index (χ1) is 4.81. The Balaban J connectivity index is 4.36. The van der Waals surface area contributed by atoms with Gasteiger partial charge in [0.1, 0.15) is 0 Å². The van der Waals surface area contributed by atoms with E-state index in [4.69, 9.17) is 5.73 Å². The Morgan fingerprint density at radius 1 is 1.36 bits per heavy atom. The maximum atomic E-state index is 11.5. The number of hydrogen-bond donors (Lipinski definition) is 1. The fraction of sp³-hybridized carbons (Fsp3) is 0.500. The van der Waals surface area contributed by atoms with Crippen molar-refractivity contribution in [3.05, 3.63) is 11.8 Å². The van der Waals surface area contributed by atoms with Gasteiger partial charge < -0.3 is 5.73 Å². The maximum absolute atomic E-state index is 11.5. The van der Waals surface area contributed by atoms with Crippen molar-refractivity contribution in [1.82, 2.24) is 0 Å². The first-order valence-corrected chi connectivity index (χ1v) is 2.88. The van der Waals surface area contributed by atoms with E-state index in [1.807, 2.05) is 0 Å². The van der Waals surface area contributed by atoms with E-state index < -0.39 is 6.30 Å². The van der Waals surface area contributed by atoms with Crippen LogP contribution >= 0.6 is 0 Å². The Morgan fingerprint density at radius 3 is 2.09 bits per heavy atom. The summed E-state index contributed by atoms with van der Waals surface area (Å²) >= 11 is 0. The molecule has 0 aromatic carbocycles. The third-order valence-corrected chi connectivity index (χ3v) is 0.740. The van der Waals surface area contributed by atoms with Crippen molar-refractivity contribution in [2.75, 3.05) is 0 Å². The van der Waals surface area contributed by atoms with Crippen LogP contribution < -0.4 is 5.73 Å². The van der Waals surface area contributed by atoms with Gasteiger partial charge in [-0.15, -0.1) is 13.2 Å². The predicted octanol–water partition coefficient (Wildman–Crippen LogP) is 1.83. The summed E-state index contributed by atoms with van der Waals surface area (Å²) in [5, 5.41) is 0. The highest BCUT2D eigenvalue weighted by molar-refractivity contribution is 5.93. The number of nitrogens with two attached hydrogens (primary N) is 1. The fourth-order valence-electron chi connectivity index (χ4n) is 0.562. The van der Waals surface area contributed by atoms with E-state index in [0.29, 0.717) is 5.70 Å². The van der Waals surface area contributed by atoms with Crippen LogP contribution in [-0.2, 0) is 0 Å². The first-order valence-electron chi connectivity index (χ1n) is 2.88. The van der Waals surface area contributed by atoms with E-state index >= 15 is 0 Å². The first kappa shape index (κ1) is 10.0. The molecular formula is C6H9F3N2. The lowest BCUT2D eigenvalue weighted by Crippen LogP contribution is -2.06. The van der Waals surface area contributed by atoms with E-state index in [1.165, 1.54) is 13.8 Å². The van der Waals surface area contributed by atoms with E-state index in [-0.39, 0.29) is 5.71 Å². The number of hydrogen-bond acceptors (Lipinski definition) is 2. The van der Waals surface area contributed by atoms with Gasteiger partial charge >= 0.3 is 6.30 Å². The zero-order chi connectivity index (χ0) is 9.07. The van der Waals surface area contributed by atoms with Crippen molar-refractivity contribution in [3.63, 3.8) is 0 Å². The number of rotatable bonds is 1. The van der Waals surface area contributed by atoms with Gasteiger partial charge in [-0.1, -0.05) is 0 Å². The second kappa shape index (κ2) is 3.41. The van der Waals surface area contributed by atoms with Gasteiger partial charge in [-0.2, -0.15) is 4.99 Å². The molecule has 2 N–H and O–H groups in total. The Kier molecular flexibility index (Phi) is 3.10. The topological polar surface area (TPSA) is 38.4 Å². The van der Waals surface area contributed by atoms with Crippen LogP contribution in [0.3, 0.4) is 0 Å². The van der Waals surface area contributed by atoms with E-state index in [2.05, 4.69) is 4.99 Å². The Bertz CT molecular complexity index is 186. The number of allylic oxidation sites excluding steroid dienone is 2. The minimum absolute atomic E-state index is 0.141. The average Bonchev–Trinajstić information content (AvgIpc) is 1.53. The van der Waals surface area contributed by atoms with Gasteiger partial charge in [0.25, 0.3) is 0 Å². The molecule has 0 aliphatic rings.